The molecule has 1 amide bonds. The normalized spacial score (nSPS) is 22.0. The van der Waals surface area contributed by atoms with Crippen molar-refractivity contribution in [1.82, 2.24) is 10.2 Å². The van der Waals surface area contributed by atoms with E-state index in [0.29, 0.717) is 21.9 Å². The molecule has 1 aliphatic heterocycles. The minimum Gasteiger partial charge on any atom is -0.497 e. The number of nitrogens with one attached hydrogen (secondary N) is 1. The molecule has 2 aromatic rings. The molecule has 1 N–H and O–H groups in total. The van der Waals surface area contributed by atoms with E-state index >= 15 is 0 Å². The van der Waals surface area contributed by atoms with Gasteiger partial charge in [-0.25, -0.2) is 0 Å². The number of hydrogen-bond donors (Lipinski definition) is 1. The maximum atomic E-state index is 12.4. The third-order valence-electron chi connectivity index (χ3n) is 6.95. The molecule has 33 heavy (non-hydrogen) atoms. The molecule has 2 atom stereocenters. The van der Waals surface area contributed by atoms with E-state index in [2.05, 4.69) is 34.5 Å². The smallest absolute Gasteiger partial charge is 0.244 e. The van der Waals surface area contributed by atoms with Crippen LogP contribution in [0.2, 0.25) is 10.0 Å². The van der Waals surface area contributed by atoms with Crippen molar-refractivity contribution < 1.29 is 9.53 Å². The summed E-state index contributed by atoms with van der Waals surface area (Å²) in [6, 6.07) is 14.2. The third-order valence-corrected chi connectivity index (χ3v) is 7.69. The Morgan fingerprint density at radius 3 is 2.52 bits per heavy atom. The molecule has 0 radical (unpaired) electrons. The van der Waals surface area contributed by atoms with Crippen molar-refractivity contribution in [2.45, 2.75) is 44.1 Å². The van der Waals surface area contributed by atoms with Gasteiger partial charge in [-0.2, -0.15) is 0 Å². The zero-order valence-corrected chi connectivity index (χ0v) is 20.6. The Hall–Kier alpha value is -2.01. The SMILES string of the molecule is COc1ccc(C2CCN(C[C@H]3CC[C@@H](NC(=O)/C=C/c4ccc(Cl)c(Cl)c4)C3)CC2)cc1. The van der Waals surface area contributed by atoms with E-state index in [0.717, 1.165) is 43.8 Å². The monoisotopic (exact) mass is 486 g/mol. The van der Waals surface area contributed by atoms with Crippen molar-refractivity contribution in [2.24, 2.45) is 5.92 Å². The molecule has 0 bridgehead atoms. The number of ether oxygens (including phenoxy) is 1. The number of likely N-dealkylation sites (tertiary alicyclic amines) is 1. The first kappa shape index (κ1) is 24.1. The van der Waals surface area contributed by atoms with Gasteiger partial charge in [0.05, 0.1) is 17.2 Å². The third kappa shape index (κ3) is 6.75. The molecular formula is C27H32Cl2N2O2. The summed E-state index contributed by atoms with van der Waals surface area (Å²) < 4.78 is 5.28. The van der Waals surface area contributed by atoms with Gasteiger partial charge in [0, 0.05) is 18.7 Å². The van der Waals surface area contributed by atoms with Crippen molar-refractivity contribution in [1.29, 1.82) is 0 Å². The highest BCUT2D eigenvalue weighted by molar-refractivity contribution is 6.42. The van der Waals surface area contributed by atoms with Crippen molar-refractivity contribution in [3.8, 4) is 5.75 Å². The van der Waals surface area contributed by atoms with Crippen LogP contribution in [0.1, 0.15) is 49.1 Å². The summed E-state index contributed by atoms with van der Waals surface area (Å²) in [4.78, 5) is 15.0. The van der Waals surface area contributed by atoms with Gasteiger partial charge in [-0.1, -0.05) is 41.4 Å². The molecule has 1 saturated heterocycles. The Balaban J connectivity index is 1.18. The summed E-state index contributed by atoms with van der Waals surface area (Å²) >= 11 is 12.0. The standard InChI is InChI=1S/C27H32Cl2N2O2/c1-33-24-8-5-21(6-9-24)22-12-14-31(15-13-22)18-20-2-7-23(16-20)30-27(32)11-4-19-3-10-25(28)26(29)17-19/h3-6,8-11,17,20,22-23H,2,7,12-16,18H2,1H3,(H,30,32)/b11-4+/t20-,23+/m0/s1. The summed E-state index contributed by atoms with van der Waals surface area (Å²) in [6.07, 6.45) is 9.06. The molecule has 0 aromatic heterocycles. The van der Waals surface area contributed by atoms with Crippen LogP contribution < -0.4 is 10.1 Å². The quantitative estimate of drug-likeness (QED) is 0.475. The average molecular weight is 487 g/mol. The number of piperidine rings is 1. The van der Waals surface area contributed by atoms with Crippen LogP contribution in [0.3, 0.4) is 0 Å². The molecule has 4 rings (SSSR count). The Morgan fingerprint density at radius 1 is 1.06 bits per heavy atom. The van der Waals surface area contributed by atoms with E-state index in [1.54, 1.807) is 31.4 Å². The van der Waals surface area contributed by atoms with Crippen molar-refractivity contribution >= 4 is 35.2 Å². The van der Waals surface area contributed by atoms with E-state index in [4.69, 9.17) is 27.9 Å². The molecular weight excluding hydrogens is 455 g/mol. The van der Waals surface area contributed by atoms with Crippen LogP contribution in [0, 0.1) is 5.92 Å². The lowest BCUT2D eigenvalue weighted by atomic mass is 9.89. The number of carbonyl (C=O) groups excluding carboxylic acids is 1. The summed E-state index contributed by atoms with van der Waals surface area (Å²) in [5.74, 6) is 2.17. The number of amides is 1. The second-order valence-electron chi connectivity index (χ2n) is 9.24. The summed E-state index contributed by atoms with van der Waals surface area (Å²) in [5, 5.41) is 4.17. The molecule has 2 fully saturated rings. The van der Waals surface area contributed by atoms with Gasteiger partial charge in [-0.05, 0) is 98.5 Å². The van der Waals surface area contributed by atoms with Gasteiger partial charge in [-0.15, -0.1) is 0 Å². The van der Waals surface area contributed by atoms with Crippen LogP contribution in [0.25, 0.3) is 6.08 Å². The second-order valence-corrected chi connectivity index (χ2v) is 10.1. The number of benzene rings is 2. The molecule has 0 spiro atoms. The summed E-state index contributed by atoms with van der Waals surface area (Å²) in [7, 11) is 1.71. The molecule has 6 heteroatoms. The van der Waals surface area contributed by atoms with Gasteiger partial charge in [-0.3, -0.25) is 4.79 Å². The van der Waals surface area contributed by atoms with Crippen LogP contribution in [0.4, 0.5) is 0 Å². The number of carbonyl (C=O) groups is 1. The highest BCUT2D eigenvalue weighted by Crippen LogP contribution is 2.32. The number of hydrogen-bond acceptors (Lipinski definition) is 3. The zero-order valence-electron chi connectivity index (χ0n) is 19.1. The fraction of sp³-hybridized carbons (Fsp3) is 0.444. The highest BCUT2D eigenvalue weighted by atomic mass is 35.5. The Kier molecular flexibility index (Phi) is 8.34. The number of nitrogens with zero attached hydrogens (tertiary/aromatic N) is 1. The predicted molar refractivity (Wildman–Crippen MR) is 136 cm³/mol. The molecule has 2 aliphatic rings. The zero-order chi connectivity index (χ0) is 23.2. The van der Waals surface area contributed by atoms with E-state index in [-0.39, 0.29) is 11.9 Å². The Morgan fingerprint density at radius 2 is 1.82 bits per heavy atom. The Bertz CT molecular complexity index is 969. The highest BCUT2D eigenvalue weighted by Gasteiger charge is 2.29. The lowest BCUT2D eigenvalue weighted by molar-refractivity contribution is -0.117. The first-order chi connectivity index (χ1) is 16.0. The molecule has 0 unspecified atom stereocenters. The topological polar surface area (TPSA) is 41.6 Å². The number of halogens is 2. The first-order valence-electron chi connectivity index (χ1n) is 11.8. The average Bonchev–Trinajstić information content (AvgIpc) is 3.27. The van der Waals surface area contributed by atoms with Crippen LogP contribution in [-0.4, -0.2) is 43.6 Å². The number of methoxy groups -OCH3 is 1. The van der Waals surface area contributed by atoms with Gasteiger partial charge >= 0.3 is 0 Å². The van der Waals surface area contributed by atoms with E-state index < -0.39 is 0 Å². The van der Waals surface area contributed by atoms with Crippen molar-refractivity contribution in [3.05, 3.63) is 69.7 Å². The molecule has 4 nitrogen and oxygen atoms in total. The molecule has 176 valence electrons. The second kappa shape index (κ2) is 11.4. The predicted octanol–water partition coefficient (Wildman–Crippen LogP) is 6.18. The van der Waals surface area contributed by atoms with Crippen molar-refractivity contribution in [3.63, 3.8) is 0 Å². The fourth-order valence-electron chi connectivity index (χ4n) is 5.10. The Labute approximate surface area is 206 Å². The minimum atomic E-state index is -0.0490. The molecule has 1 saturated carbocycles. The van der Waals surface area contributed by atoms with E-state index in [1.807, 2.05) is 6.07 Å². The first-order valence-corrected chi connectivity index (χ1v) is 12.6. The van der Waals surface area contributed by atoms with Crippen molar-refractivity contribution in [2.75, 3.05) is 26.7 Å². The van der Waals surface area contributed by atoms with Gasteiger partial charge in [0.1, 0.15) is 5.75 Å². The van der Waals surface area contributed by atoms with Crippen LogP contribution in [-0.2, 0) is 4.79 Å². The molecule has 2 aromatic carbocycles. The van der Waals surface area contributed by atoms with Gasteiger partial charge in [0.2, 0.25) is 5.91 Å². The van der Waals surface area contributed by atoms with Gasteiger partial charge in [0.25, 0.3) is 0 Å². The van der Waals surface area contributed by atoms with Crippen LogP contribution in [0.5, 0.6) is 5.75 Å². The van der Waals surface area contributed by atoms with Gasteiger partial charge in [0.15, 0.2) is 0 Å². The maximum absolute atomic E-state index is 12.4. The van der Waals surface area contributed by atoms with E-state index in [1.165, 1.54) is 24.8 Å². The number of rotatable bonds is 7. The maximum Gasteiger partial charge on any atom is 0.244 e. The van der Waals surface area contributed by atoms with Crippen LogP contribution >= 0.6 is 23.2 Å². The summed E-state index contributed by atoms with van der Waals surface area (Å²) in [5.41, 5.74) is 2.29. The summed E-state index contributed by atoms with van der Waals surface area (Å²) in [6.45, 7) is 3.44. The van der Waals surface area contributed by atoms with Gasteiger partial charge < -0.3 is 15.0 Å². The largest absolute Gasteiger partial charge is 0.497 e. The minimum absolute atomic E-state index is 0.0490. The molecule has 1 heterocycles. The van der Waals surface area contributed by atoms with E-state index in [9.17, 15) is 4.79 Å². The fourth-order valence-corrected chi connectivity index (χ4v) is 5.41. The van der Waals surface area contributed by atoms with Crippen LogP contribution in [0.15, 0.2) is 48.5 Å². The lowest BCUT2D eigenvalue weighted by Gasteiger charge is -2.33. The lowest BCUT2D eigenvalue weighted by Crippen LogP contribution is -2.37. The molecule has 1 aliphatic carbocycles.